The van der Waals surface area contributed by atoms with Crippen molar-refractivity contribution < 1.29 is 71.3 Å². The molecule has 19 heteroatoms. The fraction of sp³-hybridized carbons (Fsp3) is 0.158. The maximum atomic E-state index is 14.3. The molecule has 0 aliphatic carbocycles. The lowest BCUT2D eigenvalue weighted by molar-refractivity contribution is -0.144. The first-order valence-electron chi connectivity index (χ1n) is 16.2. The lowest BCUT2D eigenvalue weighted by Crippen LogP contribution is -2.36. The Balaban J connectivity index is 1.59. The van der Waals surface area contributed by atoms with Gasteiger partial charge in [0, 0.05) is 21.2 Å². The quantitative estimate of drug-likeness (QED) is 0.0844. The number of carbonyl (C=O) groups is 2. The van der Waals surface area contributed by atoms with Crippen LogP contribution in [0.1, 0.15) is 22.3 Å². The molecule has 0 radical (unpaired) electrons. The first-order valence-corrected chi connectivity index (χ1v) is 18.7. The van der Waals surface area contributed by atoms with E-state index >= 15 is 0 Å². The molecule has 1 aliphatic rings. The average molecular weight is 848 g/mol. The molecular formula is C38H23F12NO4P2. The van der Waals surface area contributed by atoms with Crippen LogP contribution >= 0.6 is 16.3 Å². The van der Waals surface area contributed by atoms with Crippen molar-refractivity contribution in [3.8, 4) is 0 Å². The zero-order valence-corrected chi connectivity index (χ0v) is 30.1. The van der Waals surface area contributed by atoms with Gasteiger partial charge in [-0.25, -0.2) is 4.90 Å². The largest absolute Gasteiger partial charge is 0.416 e. The topological polar surface area (TPSA) is 55.8 Å². The van der Waals surface area contributed by atoms with Crippen LogP contribution in [0, 0.1) is 0 Å². The zero-order chi connectivity index (χ0) is 41.5. The molecule has 0 bridgehead atoms. The Labute approximate surface area is 317 Å². The second kappa shape index (κ2) is 15.8. The van der Waals surface area contributed by atoms with Crippen molar-refractivity contribution in [3.05, 3.63) is 150 Å². The second-order valence-electron chi connectivity index (χ2n) is 12.2. The van der Waals surface area contributed by atoms with Crippen LogP contribution in [-0.4, -0.2) is 24.0 Å². The lowest BCUT2D eigenvalue weighted by Gasteiger charge is -2.28. The number of halogens is 12. The minimum atomic E-state index is -5.52. The summed E-state index contributed by atoms with van der Waals surface area (Å²) in [6.07, 6.45) is -26.5. The Hall–Kier alpha value is -4.82. The monoisotopic (exact) mass is 847 g/mol. The van der Waals surface area contributed by atoms with E-state index in [1.165, 1.54) is 30.3 Å². The summed E-state index contributed by atoms with van der Waals surface area (Å²) in [5.41, 5.74) is -8.00. The predicted molar refractivity (Wildman–Crippen MR) is 187 cm³/mol. The van der Waals surface area contributed by atoms with Crippen molar-refractivity contribution in [2.45, 2.75) is 36.9 Å². The van der Waals surface area contributed by atoms with E-state index < -0.39 is 97.9 Å². The van der Waals surface area contributed by atoms with Gasteiger partial charge in [-0.2, -0.15) is 52.7 Å². The number of rotatable bonds is 9. The minimum Gasteiger partial charge on any atom is -0.333 e. The number of hydrogen-bond donors (Lipinski definition) is 0. The van der Waals surface area contributed by atoms with Gasteiger partial charge in [0.05, 0.1) is 44.2 Å². The molecule has 0 saturated carbocycles. The standard InChI is InChI=1S/C38H23F12NO4P2/c39-35(40,41)22-16-23(36(42,43)44)19-29(18-22)57(30-20-24(37(45,46)47)17-25(21-30)38(48,49)50)55-32-31(33(52)51(34(32)53)26-10-4-1-5-11-26)54-56(27-12-6-2-7-13-27)28-14-8-3-9-15-28/h1-21,31-32H/t31-,32-/m1/s1. The van der Waals surface area contributed by atoms with Gasteiger partial charge in [-0.15, -0.1) is 0 Å². The molecule has 5 nitrogen and oxygen atoms in total. The zero-order valence-electron chi connectivity index (χ0n) is 28.3. The minimum absolute atomic E-state index is 0.0708. The first-order chi connectivity index (χ1) is 26.6. The van der Waals surface area contributed by atoms with E-state index in [4.69, 9.17) is 9.05 Å². The molecular weight excluding hydrogens is 824 g/mol. The number of imide groups is 1. The SMILES string of the molecule is O=C1[C@H](OP(c2ccccc2)c2ccccc2)[C@@H](OP(c2cc(C(F)(F)F)cc(C(F)(F)F)c2)c2cc(C(F)(F)F)cc(C(F)(F)F)c2)C(=O)N1c1ccccc1. The number of hydrogen-bond acceptors (Lipinski definition) is 4. The molecule has 2 amide bonds. The van der Waals surface area contributed by atoms with E-state index in [1.54, 1.807) is 60.7 Å². The average Bonchev–Trinajstić information content (AvgIpc) is 3.38. The summed E-state index contributed by atoms with van der Waals surface area (Å²) in [4.78, 5) is 29.1. The van der Waals surface area contributed by atoms with E-state index in [9.17, 15) is 62.3 Å². The maximum Gasteiger partial charge on any atom is 0.416 e. The molecule has 1 heterocycles. The Bertz CT molecular complexity index is 2050. The smallest absolute Gasteiger partial charge is 0.333 e. The van der Waals surface area contributed by atoms with Crippen LogP contribution in [0.5, 0.6) is 0 Å². The summed E-state index contributed by atoms with van der Waals surface area (Å²) in [5, 5.41) is -1.47. The van der Waals surface area contributed by atoms with Crippen molar-refractivity contribution >= 4 is 55.0 Å². The van der Waals surface area contributed by atoms with Crippen LogP contribution in [0.25, 0.3) is 0 Å². The van der Waals surface area contributed by atoms with Crippen LogP contribution in [0.2, 0.25) is 0 Å². The van der Waals surface area contributed by atoms with Crippen molar-refractivity contribution in [2.75, 3.05) is 4.90 Å². The Morgan fingerprint density at radius 1 is 0.404 bits per heavy atom. The van der Waals surface area contributed by atoms with Crippen LogP contribution < -0.4 is 26.1 Å². The number of carbonyl (C=O) groups excluding carboxylic acids is 2. The van der Waals surface area contributed by atoms with Gasteiger partial charge >= 0.3 is 24.7 Å². The van der Waals surface area contributed by atoms with E-state index in [0.717, 1.165) is 0 Å². The predicted octanol–water partition coefficient (Wildman–Crippen LogP) is 9.50. The van der Waals surface area contributed by atoms with Crippen molar-refractivity contribution in [2.24, 2.45) is 0 Å². The number of anilines is 1. The summed E-state index contributed by atoms with van der Waals surface area (Å²) >= 11 is 0. The Morgan fingerprint density at radius 3 is 0.982 bits per heavy atom. The third-order valence-electron chi connectivity index (χ3n) is 8.25. The third kappa shape index (κ3) is 9.33. The molecule has 0 spiro atoms. The summed E-state index contributed by atoms with van der Waals surface area (Å²) < 4.78 is 182. The third-order valence-corrected chi connectivity index (χ3v) is 12.1. The van der Waals surface area contributed by atoms with Gasteiger partial charge in [-0.05, 0) is 48.5 Å². The van der Waals surface area contributed by atoms with Crippen LogP contribution in [0.3, 0.4) is 0 Å². The van der Waals surface area contributed by atoms with Gasteiger partial charge in [0.2, 0.25) is 0 Å². The molecule has 0 N–H and O–H groups in total. The van der Waals surface area contributed by atoms with Gasteiger partial charge < -0.3 is 9.05 Å². The highest BCUT2D eigenvalue weighted by Gasteiger charge is 2.53. The molecule has 57 heavy (non-hydrogen) atoms. The molecule has 2 atom stereocenters. The summed E-state index contributed by atoms with van der Waals surface area (Å²) in [6.45, 7) is 0. The van der Waals surface area contributed by atoms with E-state index in [2.05, 4.69) is 0 Å². The second-order valence-corrected chi connectivity index (χ2v) is 15.9. The molecule has 1 fully saturated rings. The lowest BCUT2D eigenvalue weighted by atomic mass is 10.1. The number of nitrogens with zero attached hydrogens (tertiary/aromatic N) is 1. The highest BCUT2D eigenvalue weighted by atomic mass is 31.1. The van der Waals surface area contributed by atoms with Gasteiger partial charge in [0.25, 0.3) is 11.8 Å². The fourth-order valence-electron chi connectivity index (χ4n) is 5.66. The maximum absolute atomic E-state index is 14.3. The highest BCUT2D eigenvalue weighted by Crippen LogP contribution is 2.48. The molecule has 0 aromatic heterocycles. The molecule has 5 aromatic carbocycles. The summed E-state index contributed by atoms with van der Waals surface area (Å²) in [5.74, 6) is -2.46. The molecule has 298 valence electrons. The van der Waals surface area contributed by atoms with Crippen LogP contribution in [-0.2, 0) is 43.3 Å². The number of benzene rings is 5. The van der Waals surface area contributed by atoms with Crippen LogP contribution in [0.15, 0.2) is 127 Å². The van der Waals surface area contributed by atoms with Crippen LogP contribution in [0.4, 0.5) is 58.4 Å². The molecule has 0 unspecified atom stereocenters. The van der Waals surface area contributed by atoms with Gasteiger partial charge in [-0.1, -0.05) is 78.9 Å². The van der Waals surface area contributed by atoms with Crippen molar-refractivity contribution in [3.63, 3.8) is 0 Å². The highest BCUT2D eigenvalue weighted by molar-refractivity contribution is 7.69. The molecule has 6 rings (SSSR count). The number of para-hydroxylation sites is 1. The van der Waals surface area contributed by atoms with Gasteiger partial charge in [0.15, 0.2) is 12.2 Å². The number of amides is 2. The van der Waals surface area contributed by atoms with Crippen molar-refractivity contribution in [1.82, 2.24) is 0 Å². The normalized spacial score (nSPS) is 16.9. The van der Waals surface area contributed by atoms with E-state index in [-0.39, 0.29) is 42.1 Å². The number of alkyl halides is 12. The summed E-state index contributed by atoms with van der Waals surface area (Å²) in [7, 11) is -5.79. The van der Waals surface area contributed by atoms with Gasteiger partial charge in [0.1, 0.15) is 0 Å². The molecule has 1 aliphatic heterocycles. The molecule has 5 aromatic rings. The first kappa shape index (κ1) is 41.8. The Morgan fingerprint density at radius 2 is 0.684 bits per heavy atom. The fourth-order valence-corrected chi connectivity index (χ4v) is 9.51. The molecule has 1 saturated heterocycles. The van der Waals surface area contributed by atoms with Crippen molar-refractivity contribution in [1.29, 1.82) is 0 Å². The van der Waals surface area contributed by atoms with E-state index in [1.807, 2.05) is 0 Å². The Kier molecular flexibility index (Phi) is 11.6. The van der Waals surface area contributed by atoms with Gasteiger partial charge in [-0.3, -0.25) is 9.59 Å². The van der Waals surface area contributed by atoms with E-state index in [0.29, 0.717) is 15.5 Å². The summed E-state index contributed by atoms with van der Waals surface area (Å²) in [6, 6.07) is 22.7.